The molecule has 29 heavy (non-hydrogen) atoms. The molecule has 4 rings (SSSR count). The number of hydrogen-bond acceptors (Lipinski definition) is 1. The minimum Gasteiger partial charge on any atom is -0.379 e. The second-order valence-corrected chi connectivity index (χ2v) is 11.0. The minimum absolute atomic E-state index is 0.101. The van der Waals surface area contributed by atoms with Crippen molar-refractivity contribution in [2.24, 2.45) is 0 Å². The summed E-state index contributed by atoms with van der Waals surface area (Å²) < 4.78 is 6.00. The second kappa shape index (κ2) is 9.85. The van der Waals surface area contributed by atoms with E-state index in [-0.39, 0.29) is 5.22 Å². The highest BCUT2D eigenvalue weighted by atomic mass is 31.1. The molecule has 1 aliphatic rings. The summed E-state index contributed by atoms with van der Waals surface area (Å²) in [5.74, 6) is 0. The molecule has 3 aromatic rings. The fourth-order valence-corrected chi connectivity index (χ4v) is 6.90. The average molecular weight is 416 g/mol. The molecule has 0 saturated carbocycles. The Kier molecular flexibility index (Phi) is 6.97. The van der Waals surface area contributed by atoms with E-state index in [2.05, 4.69) is 95.2 Å². The maximum Gasteiger partial charge on any atom is 0.0705 e. The van der Waals surface area contributed by atoms with Crippen molar-refractivity contribution in [2.45, 2.75) is 43.7 Å². The van der Waals surface area contributed by atoms with Crippen LogP contribution in [0.25, 0.3) is 0 Å². The highest BCUT2D eigenvalue weighted by molar-refractivity contribution is 7.79. The second-order valence-electron chi connectivity index (χ2n) is 7.83. The number of ether oxygens (including phenoxy) is 1. The van der Waals surface area contributed by atoms with Crippen LogP contribution in [0.4, 0.5) is 0 Å². The first-order chi connectivity index (χ1) is 14.2. The highest BCUT2D eigenvalue weighted by Gasteiger charge is 2.27. The van der Waals surface area contributed by atoms with Crippen molar-refractivity contribution in [2.75, 3.05) is 6.61 Å². The lowest BCUT2D eigenvalue weighted by Crippen LogP contribution is -2.36. The molecule has 0 aliphatic carbocycles. The van der Waals surface area contributed by atoms with Gasteiger partial charge < -0.3 is 4.74 Å². The quantitative estimate of drug-likeness (QED) is 0.397. The van der Waals surface area contributed by atoms with Crippen molar-refractivity contribution < 1.29 is 4.74 Å². The Morgan fingerprint density at radius 1 is 0.793 bits per heavy atom. The summed E-state index contributed by atoms with van der Waals surface area (Å²) in [7, 11) is 3.37. The van der Waals surface area contributed by atoms with Crippen LogP contribution in [-0.4, -0.2) is 22.1 Å². The maximum absolute atomic E-state index is 6.00. The van der Waals surface area contributed by atoms with E-state index in [0.29, 0.717) is 0 Å². The Balaban J connectivity index is 1.52. The summed E-state index contributed by atoms with van der Waals surface area (Å²) in [4.78, 5) is 0. The Bertz CT molecular complexity index is 851. The van der Waals surface area contributed by atoms with Gasteiger partial charge in [0, 0.05) is 6.61 Å². The summed E-state index contributed by atoms with van der Waals surface area (Å²) in [5, 5.41) is 4.13. The van der Waals surface area contributed by atoms with Crippen molar-refractivity contribution in [3.05, 3.63) is 90.5 Å². The van der Waals surface area contributed by atoms with Gasteiger partial charge in [0.2, 0.25) is 0 Å². The first kappa shape index (κ1) is 20.5. The molecular weight excluding hydrogens is 387 g/mol. The monoisotopic (exact) mass is 415 g/mol. The van der Waals surface area contributed by atoms with Gasteiger partial charge in [-0.3, -0.25) is 0 Å². The van der Waals surface area contributed by atoms with Crippen molar-refractivity contribution in [3.8, 4) is 0 Å². The van der Waals surface area contributed by atoms with Crippen molar-refractivity contribution in [3.63, 3.8) is 0 Å². The molecule has 1 fully saturated rings. The van der Waals surface area contributed by atoms with Gasteiger partial charge in [0.1, 0.15) is 0 Å². The van der Waals surface area contributed by atoms with Gasteiger partial charge in [0.25, 0.3) is 0 Å². The predicted octanol–water partition coefficient (Wildman–Crippen LogP) is 4.83. The molecular formula is C26H28OPSi. The standard InChI is InChI=1S/C26H28OPSi/c29-26(18-7-8-20-27-26)19-10-12-22-11-9-17-25(21-22)28(23-13-3-1-4-14-23)24-15-5-2-6-16-24/h1-6,9,11,13-17,21H,7-8,10,12,18-20H2. The molecule has 3 radical (unpaired) electrons. The third-order valence-electron chi connectivity index (χ3n) is 5.60. The zero-order valence-electron chi connectivity index (χ0n) is 16.9. The number of hydrogen-bond donors (Lipinski definition) is 0. The molecule has 0 amide bonds. The first-order valence-electron chi connectivity index (χ1n) is 10.6. The summed E-state index contributed by atoms with van der Waals surface area (Å²) in [6.07, 6.45) is 6.88. The third-order valence-corrected chi connectivity index (χ3v) is 8.66. The molecule has 1 unspecified atom stereocenters. The van der Waals surface area contributed by atoms with Crippen LogP contribution in [-0.2, 0) is 11.2 Å². The lowest BCUT2D eigenvalue weighted by Gasteiger charge is -2.34. The van der Waals surface area contributed by atoms with Gasteiger partial charge >= 0.3 is 0 Å². The van der Waals surface area contributed by atoms with Gasteiger partial charge in [-0.1, -0.05) is 84.9 Å². The van der Waals surface area contributed by atoms with E-state index in [9.17, 15) is 0 Å². The molecule has 147 valence electrons. The lowest BCUT2D eigenvalue weighted by molar-refractivity contribution is -0.0235. The number of benzene rings is 3. The Morgan fingerprint density at radius 3 is 2.07 bits per heavy atom. The van der Waals surface area contributed by atoms with E-state index in [1.165, 1.54) is 34.3 Å². The van der Waals surface area contributed by atoms with Crippen LogP contribution >= 0.6 is 7.92 Å². The Labute approximate surface area is 179 Å². The van der Waals surface area contributed by atoms with Gasteiger partial charge in [-0.25, -0.2) is 0 Å². The van der Waals surface area contributed by atoms with Crippen molar-refractivity contribution in [1.29, 1.82) is 0 Å². The van der Waals surface area contributed by atoms with E-state index in [0.717, 1.165) is 32.3 Å². The molecule has 0 N–H and O–H groups in total. The fraction of sp³-hybridized carbons (Fsp3) is 0.308. The molecule has 0 bridgehead atoms. The summed E-state index contributed by atoms with van der Waals surface area (Å²) in [5.41, 5.74) is 1.42. The minimum atomic E-state index is -0.534. The van der Waals surface area contributed by atoms with Crippen LogP contribution in [0.2, 0.25) is 0 Å². The van der Waals surface area contributed by atoms with E-state index >= 15 is 0 Å². The molecule has 0 spiro atoms. The first-order valence-corrected chi connectivity index (χ1v) is 12.5. The summed E-state index contributed by atoms with van der Waals surface area (Å²) in [6.45, 7) is 0.886. The Morgan fingerprint density at radius 2 is 1.45 bits per heavy atom. The third kappa shape index (κ3) is 5.45. The van der Waals surface area contributed by atoms with E-state index in [1.807, 2.05) is 0 Å². The van der Waals surface area contributed by atoms with Crippen LogP contribution in [0.1, 0.15) is 37.7 Å². The molecule has 1 saturated heterocycles. The van der Waals surface area contributed by atoms with Crippen molar-refractivity contribution in [1.82, 2.24) is 0 Å². The van der Waals surface area contributed by atoms with E-state index in [1.54, 1.807) is 0 Å². The zero-order chi connectivity index (χ0) is 19.9. The van der Waals surface area contributed by atoms with Crippen LogP contribution < -0.4 is 15.9 Å². The van der Waals surface area contributed by atoms with Crippen LogP contribution in [0.15, 0.2) is 84.9 Å². The summed E-state index contributed by atoms with van der Waals surface area (Å²) >= 11 is 0. The molecule has 1 atom stereocenters. The lowest BCUT2D eigenvalue weighted by atomic mass is 10.0. The van der Waals surface area contributed by atoms with Gasteiger partial charge in [-0.2, -0.15) is 0 Å². The number of aryl methyl sites for hydroxylation is 1. The largest absolute Gasteiger partial charge is 0.379 e. The normalized spacial score (nSPS) is 19.4. The zero-order valence-corrected chi connectivity index (χ0v) is 18.8. The van der Waals surface area contributed by atoms with Gasteiger partial charge in [-0.05, 0) is 67.9 Å². The smallest absolute Gasteiger partial charge is 0.0705 e. The molecule has 3 heteroatoms. The molecule has 1 aliphatic heterocycles. The highest BCUT2D eigenvalue weighted by Crippen LogP contribution is 2.33. The van der Waals surface area contributed by atoms with Crippen molar-refractivity contribution >= 4 is 34.1 Å². The van der Waals surface area contributed by atoms with Crippen LogP contribution in [0.3, 0.4) is 0 Å². The van der Waals surface area contributed by atoms with E-state index in [4.69, 9.17) is 4.74 Å². The van der Waals surface area contributed by atoms with Gasteiger partial charge in [0.15, 0.2) is 0 Å². The van der Waals surface area contributed by atoms with Gasteiger partial charge in [0.05, 0.1) is 15.5 Å². The van der Waals surface area contributed by atoms with Gasteiger partial charge in [-0.15, -0.1) is 0 Å². The fourth-order valence-electron chi connectivity index (χ4n) is 4.08. The molecule has 3 aromatic carbocycles. The SMILES string of the molecule is [Si]C1(CCCc2cccc(P(c3ccccc3)c3ccccc3)c2)CCCCO1. The van der Waals surface area contributed by atoms with Crippen LogP contribution in [0.5, 0.6) is 0 Å². The number of rotatable bonds is 7. The molecule has 1 nitrogen and oxygen atoms in total. The predicted molar refractivity (Wildman–Crippen MR) is 126 cm³/mol. The summed E-state index contributed by atoms with van der Waals surface area (Å²) in [6, 6.07) is 31.1. The van der Waals surface area contributed by atoms with E-state index < -0.39 is 7.92 Å². The van der Waals surface area contributed by atoms with Crippen LogP contribution in [0, 0.1) is 0 Å². The Hall–Kier alpha value is -1.73. The molecule has 1 heterocycles. The average Bonchev–Trinajstić information content (AvgIpc) is 2.76. The maximum atomic E-state index is 6.00. The topological polar surface area (TPSA) is 9.23 Å². The molecule has 0 aromatic heterocycles.